The monoisotopic (exact) mass is 241 g/mol. The normalized spacial score (nSPS) is 21.6. The zero-order valence-electron chi connectivity index (χ0n) is 9.51. The number of carboxylic acids is 1. The molecule has 1 aromatic rings. The van der Waals surface area contributed by atoms with Gasteiger partial charge in [-0.25, -0.2) is 0 Å². The number of piperazine rings is 1. The average molecular weight is 241 g/mol. The average Bonchev–Trinajstić information content (AvgIpc) is 2.61. The van der Waals surface area contributed by atoms with E-state index in [-0.39, 0.29) is 5.88 Å². The lowest BCUT2D eigenvalue weighted by Gasteiger charge is -2.31. The number of nitrogens with zero attached hydrogens (tertiary/aromatic N) is 2. The molecule has 3 N–H and O–H groups in total. The number of aliphatic carboxylic acids is 1. The van der Waals surface area contributed by atoms with Crippen molar-refractivity contribution in [3.63, 3.8) is 0 Å². The first-order chi connectivity index (χ1) is 8.08. The molecule has 1 atom stereocenters. The summed E-state index contributed by atoms with van der Waals surface area (Å²) in [6.45, 7) is 3.92. The predicted octanol–water partition coefficient (Wildman–Crippen LogP) is -0.453. The van der Waals surface area contributed by atoms with Crippen LogP contribution in [-0.4, -0.2) is 51.9 Å². The number of nitrogens with one attached hydrogen (secondary N) is 1. The third-order valence-electron chi connectivity index (χ3n) is 2.90. The molecule has 17 heavy (non-hydrogen) atoms. The van der Waals surface area contributed by atoms with Gasteiger partial charge in [-0.05, 0) is 12.1 Å². The summed E-state index contributed by atoms with van der Waals surface area (Å²) in [5, 5.41) is 24.8. The van der Waals surface area contributed by atoms with Crippen molar-refractivity contribution in [2.45, 2.75) is 19.5 Å². The van der Waals surface area contributed by atoms with Crippen molar-refractivity contribution in [3.05, 3.63) is 11.3 Å². The number of rotatable bonds is 3. The number of carboxylic acid groups (broad SMARTS) is 1. The van der Waals surface area contributed by atoms with E-state index in [1.54, 1.807) is 6.92 Å². The Labute approximate surface area is 98.0 Å². The number of hydrogen-bond donors (Lipinski definition) is 3. The van der Waals surface area contributed by atoms with Crippen molar-refractivity contribution in [2.24, 2.45) is 0 Å². The zero-order valence-corrected chi connectivity index (χ0v) is 9.51. The van der Waals surface area contributed by atoms with E-state index >= 15 is 0 Å². The Bertz CT molecular complexity index is 398. The molecule has 1 unspecified atom stereocenters. The maximum absolute atomic E-state index is 10.9. The van der Waals surface area contributed by atoms with Crippen LogP contribution in [0, 0.1) is 6.92 Å². The number of aromatic nitrogens is 1. The van der Waals surface area contributed by atoms with Gasteiger partial charge < -0.3 is 20.1 Å². The molecule has 7 nitrogen and oxygen atoms in total. The molecule has 2 heterocycles. The van der Waals surface area contributed by atoms with Gasteiger partial charge in [-0.15, -0.1) is 0 Å². The van der Waals surface area contributed by atoms with Gasteiger partial charge >= 0.3 is 5.97 Å². The highest BCUT2D eigenvalue weighted by molar-refractivity contribution is 5.73. The minimum atomic E-state index is -0.860. The minimum absolute atomic E-state index is 0.118. The van der Waals surface area contributed by atoms with Crippen molar-refractivity contribution >= 4 is 5.97 Å². The minimum Gasteiger partial charge on any atom is -0.491 e. The van der Waals surface area contributed by atoms with Crippen LogP contribution in [0.3, 0.4) is 0 Å². The van der Waals surface area contributed by atoms with Crippen molar-refractivity contribution in [1.82, 2.24) is 15.4 Å². The van der Waals surface area contributed by atoms with Crippen molar-refractivity contribution in [3.8, 4) is 5.88 Å². The molecular formula is C10H15N3O4. The van der Waals surface area contributed by atoms with Gasteiger partial charge in [-0.1, -0.05) is 0 Å². The van der Waals surface area contributed by atoms with E-state index in [0.717, 1.165) is 6.54 Å². The molecule has 0 bridgehead atoms. The SMILES string of the molecule is Cc1onc(O)c1CN1CCNC(C(=O)O)C1. The summed E-state index contributed by atoms with van der Waals surface area (Å²) in [4.78, 5) is 12.8. The number of carbonyl (C=O) groups is 1. The van der Waals surface area contributed by atoms with Crippen LogP contribution in [0.5, 0.6) is 5.88 Å². The van der Waals surface area contributed by atoms with E-state index in [4.69, 9.17) is 9.63 Å². The fourth-order valence-electron chi connectivity index (χ4n) is 1.90. The fourth-order valence-corrected chi connectivity index (χ4v) is 1.90. The topological polar surface area (TPSA) is 98.8 Å². The summed E-state index contributed by atoms with van der Waals surface area (Å²) < 4.78 is 4.85. The Morgan fingerprint density at radius 3 is 3.06 bits per heavy atom. The summed E-state index contributed by atoms with van der Waals surface area (Å²) in [6, 6.07) is -0.564. The van der Waals surface area contributed by atoms with E-state index in [2.05, 4.69) is 10.5 Å². The fraction of sp³-hybridized carbons (Fsp3) is 0.600. The maximum atomic E-state index is 10.9. The quantitative estimate of drug-likeness (QED) is 0.659. The second-order valence-electron chi connectivity index (χ2n) is 4.12. The predicted molar refractivity (Wildman–Crippen MR) is 57.6 cm³/mol. The lowest BCUT2D eigenvalue weighted by molar-refractivity contribution is -0.140. The Morgan fingerprint density at radius 2 is 2.47 bits per heavy atom. The molecule has 1 aromatic heterocycles. The summed E-state index contributed by atoms with van der Waals surface area (Å²) in [5.41, 5.74) is 0.621. The molecule has 0 aromatic carbocycles. The first kappa shape index (κ1) is 11.9. The molecule has 0 spiro atoms. The van der Waals surface area contributed by atoms with Gasteiger partial charge in [0.25, 0.3) is 5.88 Å². The number of aromatic hydroxyl groups is 1. The van der Waals surface area contributed by atoms with Crippen LogP contribution in [0.1, 0.15) is 11.3 Å². The molecule has 94 valence electrons. The Kier molecular flexibility index (Phi) is 3.30. The molecule has 0 amide bonds. The van der Waals surface area contributed by atoms with E-state index < -0.39 is 12.0 Å². The van der Waals surface area contributed by atoms with E-state index in [0.29, 0.717) is 31.0 Å². The first-order valence-electron chi connectivity index (χ1n) is 5.40. The van der Waals surface area contributed by atoms with E-state index in [1.807, 2.05) is 4.90 Å². The molecule has 7 heteroatoms. The van der Waals surface area contributed by atoms with Crippen LogP contribution in [0.15, 0.2) is 4.52 Å². The third kappa shape index (κ3) is 2.56. The van der Waals surface area contributed by atoms with Crippen molar-refractivity contribution < 1.29 is 19.5 Å². The summed E-state index contributed by atoms with van der Waals surface area (Å²) >= 11 is 0. The largest absolute Gasteiger partial charge is 0.491 e. The highest BCUT2D eigenvalue weighted by Gasteiger charge is 2.26. The number of aryl methyl sites for hydroxylation is 1. The van der Waals surface area contributed by atoms with Crippen molar-refractivity contribution in [1.29, 1.82) is 0 Å². The lowest BCUT2D eigenvalue weighted by atomic mass is 10.1. The Morgan fingerprint density at radius 1 is 1.71 bits per heavy atom. The smallest absolute Gasteiger partial charge is 0.322 e. The standard InChI is InChI=1S/C10H15N3O4/c1-6-7(9(14)12-17-6)4-13-3-2-11-8(5-13)10(15)16/h8,11H,2-5H2,1H3,(H,12,14)(H,15,16). The van der Waals surface area contributed by atoms with Crippen LogP contribution in [-0.2, 0) is 11.3 Å². The highest BCUT2D eigenvalue weighted by Crippen LogP contribution is 2.21. The molecule has 1 aliphatic rings. The van der Waals surface area contributed by atoms with Crippen LogP contribution in [0.2, 0.25) is 0 Å². The molecule has 1 aliphatic heterocycles. The van der Waals surface area contributed by atoms with Crippen LogP contribution < -0.4 is 5.32 Å². The second-order valence-corrected chi connectivity index (χ2v) is 4.12. The van der Waals surface area contributed by atoms with Crippen LogP contribution in [0.25, 0.3) is 0 Å². The van der Waals surface area contributed by atoms with Gasteiger partial charge in [-0.2, -0.15) is 0 Å². The van der Waals surface area contributed by atoms with E-state index in [9.17, 15) is 9.90 Å². The van der Waals surface area contributed by atoms with Gasteiger partial charge in [0.2, 0.25) is 0 Å². The summed E-state index contributed by atoms with van der Waals surface area (Å²) in [6.07, 6.45) is 0. The van der Waals surface area contributed by atoms with E-state index in [1.165, 1.54) is 0 Å². The van der Waals surface area contributed by atoms with Gasteiger partial charge in [0, 0.05) is 26.2 Å². The molecule has 0 saturated carbocycles. The molecule has 0 aliphatic carbocycles. The molecular weight excluding hydrogens is 226 g/mol. The maximum Gasteiger partial charge on any atom is 0.322 e. The highest BCUT2D eigenvalue weighted by atomic mass is 16.5. The van der Waals surface area contributed by atoms with Crippen molar-refractivity contribution in [2.75, 3.05) is 19.6 Å². The van der Waals surface area contributed by atoms with Gasteiger partial charge in [0.05, 0.1) is 5.56 Å². The van der Waals surface area contributed by atoms with Crippen LogP contribution >= 0.6 is 0 Å². The second kappa shape index (κ2) is 4.72. The van der Waals surface area contributed by atoms with Crippen LogP contribution in [0.4, 0.5) is 0 Å². The van der Waals surface area contributed by atoms with Gasteiger partial charge in [-0.3, -0.25) is 9.69 Å². The van der Waals surface area contributed by atoms with Gasteiger partial charge in [0.15, 0.2) is 0 Å². The Balaban J connectivity index is 2.02. The lowest BCUT2D eigenvalue weighted by Crippen LogP contribution is -2.53. The summed E-state index contributed by atoms with van der Waals surface area (Å²) in [5.74, 6) is -0.415. The molecule has 1 fully saturated rings. The summed E-state index contributed by atoms with van der Waals surface area (Å²) in [7, 11) is 0. The molecule has 0 radical (unpaired) electrons. The van der Waals surface area contributed by atoms with Gasteiger partial charge in [0.1, 0.15) is 11.8 Å². The molecule has 2 rings (SSSR count). The Hall–Kier alpha value is -1.60. The number of hydrogen-bond acceptors (Lipinski definition) is 6. The first-order valence-corrected chi connectivity index (χ1v) is 5.40. The third-order valence-corrected chi connectivity index (χ3v) is 2.90. The zero-order chi connectivity index (χ0) is 12.4. The molecule has 1 saturated heterocycles.